The molecule has 2 heterocycles. The van der Waals surface area contributed by atoms with Crippen molar-refractivity contribution in [3.63, 3.8) is 0 Å². The van der Waals surface area contributed by atoms with E-state index in [2.05, 4.69) is 45.8 Å². The van der Waals surface area contributed by atoms with Gasteiger partial charge in [-0.25, -0.2) is 4.98 Å². The Morgan fingerprint density at radius 1 is 1.24 bits per heavy atom. The molecule has 2 aromatic heterocycles. The first-order valence-electron chi connectivity index (χ1n) is 8.80. The minimum atomic E-state index is -0.0881. The summed E-state index contributed by atoms with van der Waals surface area (Å²) in [7, 11) is 0. The summed E-state index contributed by atoms with van der Waals surface area (Å²) in [6, 6.07) is 7.98. The fourth-order valence-corrected chi connectivity index (χ4v) is 3.02. The highest BCUT2D eigenvalue weighted by Gasteiger charge is 2.13. The first kappa shape index (κ1) is 17.1. The fraction of sp³-hybridized carbons (Fsp3) is 0.350. The van der Waals surface area contributed by atoms with Crippen molar-refractivity contribution in [2.75, 3.05) is 0 Å². The van der Waals surface area contributed by atoms with Gasteiger partial charge in [0, 0.05) is 30.0 Å². The van der Waals surface area contributed by atoms with Crippen LogP contribution in [0.1, 0.15) is 47.7 Å². The van der Waals surface area contributed by atoms with Gasteiger partial charge in [0.2, 0.25) is 0 Å². The average molecular weight is 336 g/mol. The zero-order valence-electron chi connectivity index (χ0n) is 15.0. The maximum absolute atomic E-state index is 12.8. The summed E-state index contributed by atoms with van der Waals surface area (Å²) < 4.78 is 2.07. The van der Waals surface area contributed by atoms with Crippen LogP contribution < -0.4 is 5.32 Å². The van der Waals surface area contributed by atoms with Crippen molar-refractivity contribution in [1.29, 1.82) is 0 Å². The molecule has 0 atom stereocenters. The molecule has 0 saturated heterocycles. The molecule has 3 rings (SSSR count). The van der Waals surface area contributed by atoms with E-state index in [1.54, 1.807) is 6.20 Å². The lowest BCUT2D eigenvalue weighted by Crippen LogP contribution is -2.25. The molecule has 0 unspecified atom stereocenters. The van der Waals surface area contributed by atoms with Crippen LogP contribution in [0, 0.1) is 6.92 Å². The summed E-state index contributed by atoms with van der Waals surface area (Å²) >= 11 is 0. The number of benzene rings is 1. The normalized spacial score (nSPS) is 11.0. The second-order valence-electron chi connectivity index (χ2n) is 6.24. The highest BCUT2D eigenvalue weighted by Crippen LogP contribution is 2.20. The lowest BCUT2D eigenvalue weighted by Gasteiger charge is -2.11. The molecule has 1 amide bonds. The molecule has 0 aliphatic carbocycles. The predicted molar refractivity (Wildman–Crippen MR) is 99.5 cm³/mol. The smallest absolute Gasteiger partial charge is 0.252 e. The van der Waals surface area contributed by atoms with Gasteiger partial charge in [-0.05, 0) is 43.5 Å². The van der Waals surface area contributed by atoms with Crippen molar-refractivity contribution in [3.05, 3.63) is 59.3 Å². The number of carbonyl (C=O) groups is 1. The van der Waals surface area contributed by atoms with Crippen LogP contribution in [0.25, 0.3) is 10.9 Å². The number of nitrogens with one attached hydrogen (secondary N) is 1. The molecule has 25 heavy (non-hydrogen) atoms. The number of amides is 1. The summed E-state index contributed by atoms with van der Waals surface area (Å²) in [6.07, 6.45) is 5.69. The molecular formula is C20H24N4O. The number of carbonyl (C=O) groups excluding carboxylic acids is 1. The molecular weight excluding hydrogens is 312 g/mol. The Labute approximate surface area is 148 Å². The van der Waals surface area contributed by atoms with Crippen LogP contribution >= 0.6 is 0 Å². The number of rotatable bonds is 6. The SMILES string of the molecule is CCCn1ccnc1CNC(=O)c1cc(C)nc2ccc(CC)cc12. The highest BCUT2D eigenvalue weighted by molar-refractivity contribution is 6.06. The van der Waals surface area contributed by atoms with E-state index in [9.17, 15) is 4.79 Å². The molecule has 0 spiro atoms. The molecule has 0 aliphatic rings. The number of aryl methyl sites for hydroxylation is 3. The van der Waals surface area contributed by atoms with Crippen molar-refractivity contribution in [2.24, 2.45) is 0 Å². The Balaban J connectivity index is 1.87. The van der Waals surface area contributed by atoms with Gasteiger partial charge in [0.15, 0.2) is 0 Å². The van der Waals surface area contributed by atoms with E-state index in [0.717, 1.165) is 41.8 Å². The number of hydrogen-bond donors (Lipinski definition) is 1. The van der Waals surface area contributed by atoms with Gasteiger partial charge in [-0.3, -0.25) is 9.78 Å². The predicted octanol–water partition coefficient (Wildman–Crippen LogP) is 3.64. The van der Waals surface area contributed by atoms with Crippen LogP contribution in [0.4, 0.5) is 0 Å². The summed E-state index contributed by atoms with van der Waals surface area (Å²) in [4.78, 5) is 21.7. The number of nitrogens with zero attached hydrogens (tertiary/aromatic N) is 3. The largest absolute Gasteiger partial charge is 0.345 e. The van der Waals surface area contributed by atoms with Gasteiger partial charge in [-0.2, -0.15) is 0 Å². The third-order valence-corrected chi connectivity index (χ3v) is 4.33. The topological polar surface area (TPSA) is 59.8 Å². The molecule has 0 bridgehead atoms. The van der Waals surface area contributed by atoms with Crippen molar-refractivity contribution < 1.29 is 4.79 Å². The van der Waals surface area contributed by atoms with Crippen LogP contribution in [0.2, 0.25) is 0 Å². The first-order chi connectivity index (χ1) is 12.1. The minimum absolute atomic E-state index is 0.0881. The number of fused-ring (bicyclic) bond motifs is 1. The van der Waals surface area contributed by atoms with Gasteiger partial charge < -0.3 is 9.88 Å². The highest BCUT2D eigenvalue weighted by atomic mass is 16.1. The van der Waals surface area contributed by atoms with Gasteiger partial charge in [-0.1, -0.05) is 19.9 Å². The van der Waals surface area contributed by atoms with Gasteiger partial charge in [-0.15, -0.1) is 0 Å². The number of aromatic nitrogens is 3. The Morgan fingerprint density at radius 3 is 2.84 bits per heavy atom. The van der Waals surface area contributed by atoms with Crippen LogP contribution in [-0.2, 0) is 19.5 Å². The molecule has 0 fully saturated rings. The standard InChI is InChI=1S/C20H24N4O/c1-4-9-24-10-8-21-19(24)13-22-20(25)17-11-14(3)23-18-7-6-15(5-2)12-16(17)18/h6-8,10-12H,4-5,9,13H2,1-3H3,(H,22,25). The summed E-state index contributed by atoms with van der Waals surface area (Å²) in [5.74, 6) is 0.786. The van der Waals surface area contributed by atoms with Crippen LogP contribution in [0.3, 0.4) is 0 Å². The van der Waals surface area contributed by atoms with Gasteiger partial charge in [0.1, 0.15) is 5.82 Å². The minimum Gasteiger partial charge on any atom is -0.345 e. The molecule has 0 aliphatic heterocycles. The monoisotopic (exact) mass is 336 g/mol. The zero-order valence-corrected chi connectivity index (χ0v) is 15.0. The van der Waals surface area contributed by atoms with Gasteiger partial charge >= 0.3 is 0 Å². The van der Waals surface area contributed by atoms with E-state index in [0.29, 0.717) is 12.1 Å². The van der Waals surface area contributed by atoms with Crippen molar-refractivity contribution in [2.45, 2.75) is 46.7 Å². The molecule has 3 aromatic rings. The summed E-state index contributed by atoms with van der Waals surface area (Å²) in [5, 5.41) is 3.91. The third kappa shape index (κ3) is 3.71. The maximum atomic E-state index is 12.8. The van der Waals surface area contributed by atoms with E-state index >= 15 is 0 Å². The van der Waals surface area contributed by atoms with E-state index in [4.69, 9.17) is 0 Å². The lowest BCUT2D eigenvalue weighted by molar-refractivity contribution is 0.0951. The second kappa shape index (κ2) is 7.47. The molecule has 5 nitrogen and oxygen atoms in total. The Kier molecular flexibility index (Phi) is 5.12. The first-order valence-corrected chi connectivity index (χ1v) is 8.80. The lowest BCUT2D eigenvalue weighted by atomic mass is 10.0. The molecule has 1 aromatic carbocycles. The number of hydrogen-bond acceptors (Lipinski definition) is 3. The van der Waals surface area contributed by atoms with Crippen molar-refractivity contribution in [3.8, 4) is 0 Å². The second-order valence-corrected chi connectivity index (χ2v) is 6.24. The molecule has 5 heteroatoms. The van der Waals surface area contributed by atoms with Crippen molar-refractivity contribution in [1.82, 2.24) is 19.9 Å². The zero-order chi connectivity index (χ0) is 17.8. The van der Waals surface area contributed by atoms with E-state index in [1.807, 2.05) is 25.3 Å². The van der Waals surface area contributed by atoms with E-state index in [-0.39, 0.29) is 5.91 Å². The summed E-state index contributed by atoms with van der Waals surface area (Å²) in [6.45, 7) is 7.47. The fourth-order valence-electron chi connectivity index (χ4n) is 3.02. The number of pyridine rings is 1. The quantitative estimate of drug-likeness (QED) is 0.747. The molecule has 0 radical (unpaired) electrons. The van der Waals surface area contributed by atoms with Gasteiger partial charge in [0.25, 0.3) is 5.91 Å². The maximum Gasteiger partial charge on any atom is 0.252 e. The Morgan fingerprint density at radius 2 is 2.08 bits per heavy atom. The van der Waals surface area contributed by atoms with Gasteiger partial charge in [0.05, 0.1) is 17.6 Å². The molecule has 1 N–H and O–H groups in total. The number of imidazole rings is 1. The average Bonchev–Trinajstić information content (AvgIpc) is 3.06. The Hall–Kier alpha value is -2.69. The molecule has 130 valence electrons. The third-order valence-electron chi connectivity index (χ3n) is 4.33. The van der Waals surface area contributed by atoms with E-state index in [1.165, 1.54) is 5.56 Å². The van der Waals surface area contributed by atoms with E-state index < -0.39 is 0 Å². The summed E-state index contributed by atoms with van der Waals surface area (Å²) in [5.41, 5.74) is 3.57. The van der Waals surface area contributed by atoms with Crippen molar-refractivity contribution >= 4 is 16.8 Å². The van der Waals surface area contributed by atoms with Crippen LogP contribution in [0.15, 0.2) is 36.7 Å². The molecule has 0 saturated carbocycles. The van der Waals surface area contributed by atoms with Crippen LogP contribution in [-0.4, -0.2) is 20.4 Å². The Bertz CT molecular complexity index is 898. The van der Waals surface area contributed by atoms with Crippen LogP contribution in [0.5, 0.6) is 0 Å².